The SMILES string of the molecule is O=C(Cc1ccccc1Cl)Nc1cc(Cl)ccc1-n1cncn1. The third kappa shape index (κ3) is 3.70. The van der Waals surface area contributed by atoms with Gasteiger partial charge in [0.1, 0.15) is 12.7 Å². The van der Waals surface area contributed by atoms with E-state index in [4.69, 9.17) is 23.2 Å². The molecule has 0 bridgehead atoms. The molecule has 0 atom stereocenters. The normalized spacial score (nSPS) is 10.5. The number of hydrogen-bond acceptors (Lipinski definition) is 3. The fraction of sp³-hybridized carbons (Fsp3) is 0.0625. The maximum absolute atomic E-state index is 12.3. The molecule has 3 aromatic rings. The zero-order valence-corrected chi connectivity index (χ0v) is 13.4. The highest BCUT2D eigenvalue weighted by atomic mass is 35.5. The van der Waals surface area contributed by atoms with Crippen LogP contribution < -0.4 is 5.32 Å². The number of aromatic nitrogens is 3. The summed E-state index contributed by atoms with van der Waals surface area (Å²) in [5.41, 5.74) is 2.00. The fourth-order valence-corrected chi connectivity index (χ4v) is 2.52. The molecule has 0 aliphatic rings. The minimum atomic E-state index is -0.193. The van der Waals surface area contributed by atoms with Crippen LogP contribution >= 0.6 is 23.2 Å². The molecule has 0 fully saturated rings. The van der Waals surface area contributed by atoms with Gasteiger partial charge in [-0.25, -0.2) is 9.67 Å². The molecule has 0 saturated heterocycles. The van der Waals surface area contributed by atoms with Crippen molar-refractivity contribution in [1.29, 1.82) is 0 Å². The molecular weight excluding hydrogens is 335 g/mol. The average molecular weight is 347 g/mol. The van der Waals surface area contributed by atoms with Gasteiger partial charge in [-0.05, 0) is 29.8 Å². The van der Waals surface area contributed by atoms with Crippen molar-refractivity contribution in [1.82, 2.24) is 14.8 Å². The molecule has 1 amide bonds. The lowest BCUT2D eigenvalue weighted by Gasteiger charge is -2.12. The van der Waals surface area contributed by atoms with Crippen LogP contribution in [0.3, 0.4) is 0 Å². The Balaban J connectivity index is 1.84. The molecule has 3 rings (SSSR count). The van der Waals surface area contributed by atoms with Crippen LogP contribution in [0.2, 0.25) is 10.0 Å². The molecule has 0 radical (unpaired) electrons. The maximum atomic E-state index is 12.3. The summed E-state index contributed by atoms with van der Waals surface area (Å²) in [5, 5.41) is 7.99. The predicted molar refractivity (Wildman–Crippen MR) is 90.2 cm³/mol. The van der Waals surface area contributed by atoms with Crippen LogP contribution in [-0.4, -0.2) is 20.7 Å². The van der Waals surface area contributed by atoms with Crippen molar-refractivity contribution in [3.63, 3.8) is 0 Å². The van der Waals surface area contributed by atoms with Gasteiger partial charge in [-0.3, -0.25) is 4.79 Å². The van der Waals surface area contributed by atoms with Crippen LogP contribution in [0.25, 0.3) is 5.69 Å². The molecule has 5 nitrogen and oxygen atoms in total. The van der Waals surface area contributed by atoms with E-state index in [9.17, 15) is 4.79 Å². The lowest BCUT2D eigenvalue weighted by molar-refractivity contribution is -0.115. The van der Waals surface area contributed by atoms with Gasteiger partial charge >= 0.3 is 0 Å². The quantitative estimate of drug-likeness (QED) is 0.782. The second-order valence-electron chi connectivity index (χ2n) is 4.82. The summed E-state index contributed by atoms with van der Waals surface area (Å²) in [6.45, 7) is 0. The highest BCUT2D eigenvalue weighted by molar-refractivity contribution is 6.31. The van der Waals surface area contributed by atoms with Gasteiger partial charge in [-0.15, -0.1) is 0 Å². The predicted octanol–water partition coefficient (Wildman–Crippen LogP) is 3.76. The molecule has 23 heavy (non-hydrogen) atoms. The Morgan fingerprint density at radius 2 is 2.00 bits per heavy atom. The van der Waals surface area contributed by atoms with E-state index in [1.807, 2.05) is 18.2 Å². The van der Waals surface area contributed by atoms with Crippen LogP contribution in [0.4, 0.5) is 5.69 Å². The molecule has 1 aromatic heterocycles. The molecular formula is C16H12Cl2N4O. The highest BCUT2D eigenvalue weighted by Crippen LogP contribution is 2.24. The Kier molecular flexibility index (Phi) is 4.60. The smallest absolute Gasteiger partial charge is 0.228 e. The minimum Gasteiger partial charge on any atom is -0.324 e. The van der Waals surface area contributed by atoms with Gasteiger partial charge in [0.2, 0.25) is 5.91 Å². The third-order valence-electron chi connectivity index (χ3n) is 3.21. The number of nitrogens with zero attached hydrogens (tertiary/aromatic N) is 3. The summed E-state index contributed by atoms with van der Waals surface area (Å²) < 4.78 is 1.56. The number of anilines is 1. The van der Waals surface area contributed by atoms with Gasteiger partial charge in [-0.1, -0.05) is 41.4 Å². The molecule has 7 heteroatoms. The van der Waals surface area contributed by atoms with Gasteiger partial charge in [-0.2, -0.15) is 5.10 Å². The van der Waals surface area contributed by atoms with Crippen molar-refractivity contribution < 1.29 is 4.79 Å². The summed E-state index contributed by atoms with van der Waals surface area (Å²) in [6.07, 6.45) is 3.14. The zero-order chi connectivity index (χ0) is 16.2. The second kappa shape index (κ2) is 6.81. The number of nitrogens with one attached hydrogen (secondary N) is 1. The van der Waals surface area contributed by atoms with Crippen LogP contribution in [0.5, 0.6) is 0 Å². The van der Waals surface area contributed by atoms with Crippen LogP contribution in [0.15, 0.2) is 55.1 Å². The molecule has 2 aromatic carbocycles. The zero-order valence-electron chi connectivity index (χ0n) is 11.9. The first-order chi connectivity index (χ1) is 11.1. The highest BCUT2D eigenvalue weighted by Gasteiger charge is 2.12. The minimum absolute atomic E-state index is 0.170. The van der Waals surface area contributed by atoms with Crippen molar-refractivity contribution >= 4 is 34.8 Å². The topological polar surface area (TPSA) is 59.8 Å². The number of hydrogen-bond donors (Lipinski definition) is 1. The van der Waals surface area contributed by atoms with Crippen molar-refractivity contribution in [2.75, 3.05) is 5.32 Å². The molecule has 116 valence electrons. The van der Waals surface area contributed by atoms with Crippen LogP contribution in [0, 0.1) is 0 Å². The first-order valence-electron chi connectivity index (χ1n) is 6.81. The lowest BCUT2D eigenvalue weighted by Crippen LogP contribution is -2.16. The fourth-order valence-electron chi connectivity index (χ4n) is 2.15. The van der Waals surface area contributed by atoms with E-state index in [0.717, 1.165) is 5.56 Å². The van der Waals surface area contributed by atoms with Crippen LogP contribution in [0.1, 0.15) is 5.56 Å². The Morgan fingerprint density at radius 3 is 2.74 bits per heavy atom. The van der Waals surface area contributed by atoms with Gasteiger partial charge in [0.15, 0.2) is 0 Å². The first kappa shape index (κ1) is 15.5. The maximum Gasteiger partial charge on any atom is 0.228 e. The summed E-state index contributed by atoms with van der Waals surface area (Å²) in [7, 11) is 0. The van der Waals surface area contributed by atoms with Gasteiger partial charge in [0, 0.05) is 10.0 Å². The number of carbonyl (C=O) groups is 1. The lowest BCUT2D eigenvalue weighted by atomic mass is 10.1. The van der Waals surface area contributed by atoms with E-state index < -0.39 is 0 Å². The average Bonchev–Trinajstić information content (AvgIpc) is 3.04. The Labute approximate surface area is 142 Å². The number of halogens is 2. The Hall–Kier alpha value is -2.37. The summed E-state index contributed by atoms with van der Waals surface area (Å²) >= 11 is 12.1. The molecule has 0 spiro atoms. The second-order valence-corrected chi connectivity index (χ2v) is 5.66. The Bertz CT molecular complexity index is 834. The molecule has 1 N–H and O–H groups in total. The van der Waals surface area contributed by atoms with Crippen molar-refractivity contribution in [2.45, 2.75) is 6.42 Å². The standard InChI is InChI=1S/C16H12Cl2N4O/c17-12-5-6-15(22-10-19-9-20-22)14(8-12)21-16(23)7-11-3-1-2-4-13(11)18/h1-6,8-10H,7H2,(H,21,23). The van der Waals surface area contributed by atoms with Crippen molar-refractivity contribution in [3.8, 4) is 5.69 Å². The van der Waals surface area contributed by atoms with Gasteiger partial charge < -0.3 is 5.32 Å². The number of carbonyl (C=O) groups excluding carboxylic acids is 1. The van der Waals surface area contributed by atoms with Gasteiger partial charge in [0.05, 0.1) is 17.8 Å². The van der Waals surface area contributed by atoms with E-state index in [0.29, 0.717) is 21.4 Å². The molecule has 1 heterocycles. The summed E-state index contributed by atoms with van der Waals surface area (Å²) in [6, 6.07) is 12.4. The van der Waals surface area contributed by atoms with Crippen molar-refractivity contribution in [3.05, 3.63) is 70.7 Å². The third-order valence-corrected chi connectivity index (χ3v) is 3.81. The van der Waals surface area contributed by atoms with E-state index in [1.54, 1.807) is 35.3 Å². The largest absolute Gasteiger partial charge is 0.324 e. The first-order valence-corrected chi connectivity index (χ1v) is 7.57. The number of rotatable bonds is 4. The Morgan fingerprint density at radius 1 is 1.17 bits per heavy atom. The van der Waals surface area contributed by atoms with E-state index in [2.05, 4.69) is 15.4 Å². The number of amides is 1. The van der Waals surface area contributed by atoms with E-state index >= 15 is 0 Å². The monoisotopic (exact) mass is 346 g/mol. The van der Waals surface area contributed by atoms with E-state index in [1.165, 1.54) is 6.33 Å². The van der Waals surface area contributed by atoms with E-state index in [-0.39, 0.29) is 12.3 Å². The molecule has 0 aliphatic heterocycles. The summed E-state index contributed by atoms with van der Waals surface area (Å²) in [4.78, 5) is 16.2. The summed E-state index contributed by atoms with van der Waals surface area (Å²) in [5.74, 6) is -0.193. The van der Waals surface area contributed by atoms with Crippen molar-refractivity contribution in [2.24, 2.45) is 0 Å². The molecule has 0 aliphatic carbocycles. The van der Waals surface area contributed by atoms with Gasteiger partial charge in [0.25, 0.3) is 0 Å². The van der Waals surface area contributed by atoms with Crippen LogP contribution in [-0.2, 0) is 11.2 Å². The molecule has 0 unspecified atom stereocenters. The molecule has 0 saturated carbocycles. The number of benzene rings is 2.